The van der Waals surface area contributed by atoms with Crippen LogP contribution in [0.4, 0.5) is 0 Å². The Hall–Kier alpha value is -1.20. The maximum atomic E-state index is 11.2. The molecular weight excluding hydrogens is 200 g/mol. The van der Waals surface area contributed by atoms with E-state index in [9.17, 15) is 20.2 Å². The van der Waals surface area contributed by atoms with Gasteiger partial charge in [0.1, 0.15) is 0 Å². The second kappa shape index (κ2) is 2.31. The van der Waals surface area contributed by atoms with Gasteiger partial charge in [0.05, 0.1) is 0 Å². The van der Waals surface area contributed by atoms with Crippen molar-refractivity contribution in [2.75, 3.05) is 0 Å². The second-order valence-electron chi connectivity index (χ2n) is 5.36. The zero-order valence-corrected chi connectivity index (χ0v) is 8.22. The Kier molecular flexibility index (Phi) is 1.39. The van der Waals surface area contributed by atoms with Gasteiger partial charge >= 0.3 is 0 Å². The molecule has 4 aliphatic rings. The monoisotopic (exact) mass is 212 g/mol. The van der Waals surface area contributed by atoms with Crippen molar-refractivity contribution in [1.82, 2.24) is 0 Å². The lowest BCUT2D eigenvalue weighted by Gasteiger charge is -2.24. The largest absolute Gasteiger partial charge is 0.291 e. The molecule has 4 fully saturated rings. The molecule has 0 aromatic heterocycles. The molecule has 0 aromatic carbocycles. The Balaban J connectivity index is 2.15. The molecule has 4 bridgehead atoms. The molecule has 6 nitrogen and oxygen atoms in total. The van der Waals surface area contributed by atoms with Gasteiger partial charge in [-0.15, -0.1) is 0 Å². The van der Waals surface area contributed by atoms with Crippen LogP contribution < -0.4 is 0 Å². The first-order valence-electron chi connectivity index (χ1n) is 5.29. The first-order valence-corrected chi connectivity index (χ1v) is 5.29. The molecule has 4 rings (SSSR count). The molecule has 82 valence electrons. The van der Waals surface area contributed by atoms with Crippen LogP contribution in [0, 0.1) is 32.1 Å². The highest BCUT2D eigenvalue weighted by Gasteiger charge is 2.82. The van der Waals surface area contributed by atoms with Crippen LogP contribution in [0.25, 0.3) is 0 Å². The summed E-state index contributed by atoms with van der Waals surface area (Å²) in [5.41, 5.74) is -2.46. The first kappa shape index (κ1) is 9.06. The lowest BCUT2D eigenvalue weighted by molar-refractivity contribution is -0.673. The molecule has 0 saturated heterocycles. The standard InChI is InChI=1S/C9H12N2O4/c12-10(13)8-2-6-1-7(4-8)5-9(8,3-6)11(14)15/h6-7H,1-5H2. The van der Waals surface area contributed by atoms with Crippen LogP contribution in [0.2, 0.25) is 0 Å². The third kappa shape index (κ3) is 0.778. The Morgan fingerprint density at radius 3 is 1.47 bits per heavy atom. The summed E-state index contributed by atoms with van der Waals surface area (Å²) in [6.45, 7) is 0. The third-order valence-corrected chi connectivity index (χ3v) is 4.74. The summed E-state index contributed by atoms with van der Waals surface area (Å²) in [4.78, 5) is 21.7. The van der Waals surface area contributed by atoms with E-state index in [2.05, 4.69) is 0 Å². The quantitative estimate of drug-likeness (QED) is 0.509. The summed E-state index contributed by atoms with van der Waals surface area (Å²) in [6.07, 6.45) is 2.68. The molecule has 0 spiro atoms. The SMILES string of the molecule is O=[N+]([O-])C12CC3CC(C1)CC2([N+](=O)[O-])C3. The van der Waals surface area contributed by atoms with E-state index in [0.29, 0.717) is 25.7 Å². The van der Waals surface area contributed by atoms with Gasteiger partial charge in [0, 0.05) is 35.5 Å². The summed E-state index contributed by atoms with van der Waals surface area (Å²) in [5, 5.41) is 22.4. The Morgan fingerprint density at radius 1 is 0.867 bits per heavy atom. The Bertz CT molecular complexity index is 321. The first-order chi connectivity index (χ1) is 7.00. The zero-order valence-electron chi connectivity index (χ0n) is 8.22. The van der Waals surface area contributed by atoms with Gasteiger partial charge in [-0.1, -0.05) is 0 Å². The van der Waals surface area contributed by atoms with Crippen LogP contribution in [-0.4, -0.2) is 20.9 Å². The van der Waals surface area contributed by atoms with Crippen molar-refractivity contribution in [3.63, 3.8) is 0 Å². The van der Waals surface area contributed by atoms with E-state index in [1.807, 2.05) is 0 Å². The summed E-state index contributed by atoms with van der Waals surface area (Å²) >= 11 is 0. The molecule has 0 radical (unpaired) electrons. The highest BCUT2D eigenvalue weighted by molar-refractivity contribution is 5.18. The van der Waals surface area contributed by atoms with E-state index in [1.54, 1.807) is 0 Å². The van der Waals surface area contributed by atoms with Crippen molar-refractivity contribution in [1.29, 1.82) is 0 Å². The molecule has 0 aromatic rings. The van der Waals surface area contributed by atoms with Crippen molar-refractivity contribution in [2.45, 2.75) is 43.2 Å². The van der Waals surface area contributed by atoms with E-state index < -0.39 is 11.1 Å². The maximum Gasteiger partial charge on any atom is 0.291 e. The minimum absolute atomic E-state index is 0.216. The van der Waals surface area contributed by atoms with Crippen molar-refractivity contribution in [2.24, 2.45) is 11.8 Å². The molecule has 0 aliphatic heterocycles. The summed E-state index contributed by atoms with van der Waals surface area (Å²) < 4.78 is 0. The topological polar surface area (TPSA) is 86.3 Å². The average Bonchev–Trinajstić information content (AvgIpc) is 2.49. The fraction of sp³-hybridized carbons (Fsp3) is 1.00. The summed E-state index contributed by atoms with van der Waals surface area (Å²) in [7, 11) is 0. The molecule has 0 amide bonds. The molecule has 0 atom stereocenters. The number of nitrogens with zero attached hydrogens (tertiary/aromatic N) is 2. The van der Waals surface area contributed by atoms with E-state index in [4.69, 9.17) is 0 Å². The zero-order chi connectivity index (χ0) is 10.8. The molecule has 4 aliphatic carbocycles. The molecule has 6 heteroatoms. The second-order valence-corrected chi connectivity index (χ2v) is 5.36. The molecule has 0 N–H and O–H groups in total. The van der Waals surface area contributed by atoms with Gasteiger partial charge in [-0.25, -0.2) is 0 Å². The molecule has 4 saturated carbocycles. The minimum Gasteiger partial charge on any atom is -0.264 e. The van der Waals surface area contributed by atoms with Gasteiger partial charge in [0.2, 0.25) is 0 Å². The van der Waals surface area contributed by atoms with Crippen LogP contribution >= 0.6 is 0 Å². The van der Waals surface area contributed by atoms with E-state index in [0.717, 1.165) is 6.42 Å². The van der Waals surface area contributed by atoms with Gasteiger partial charge in [-0.05, 0) is 18.3 Å². The van der Waals surface area contributed by atoms with Crippen LogP contribution in [0.3, 0.4) is 0 Å². The minimum atomic E-state index is -1.23. The Morgan fingerprint density at radius 2 is 1.20 bits per heavy atom. The fourth-order valence-corrected chi connectivity index (χ4v) is 4.42. The highest BCUT2D eigenvalue weighted by atomic mass is 16.7. The van der Waals surface area contributed by atoms with E-state index in [1.165, 1.54) is 0 Å². The van der Waals surface area contributed by atoms with Crippen molar-refractivity contribution in [3.05, 3.63) is 20.2 Å². The number of hydrogen-bond donors (Lipinski definition) is 0. The number of nitro groups is 2. The van der Waals surface area contributed by atoms with Crippen molar-refractivity contribution < 1.29 is 9.85 Å². The lowest BCUT2D eigenvalue weighted by atomic mass is 9.80. The maximum absolute atomic E-state index is 11.2. The van der Waals surface area contributed by atoms with Crippen LogP contribution in [0.5, 0.6) is 0 Å². The van der Waals surface area contributed by atoms with Gasteiger partial charge in [-0.3, -0.25) is 20.2 Å². The van der Waals surface area contributed by atoms with Gasteiger partial charge in [0.25, 0.3) is 11.1 Å². The van der Waals surface area contributed by atoms with E-state index >= 15 is 0 Å². The Labute approximate surface area is 85.9 Å². The predicted octanol–water partition coefficient (Wildman–Crippen LogP) is 1.24. The van der Waals surface area contributed by atoms with Crippen LogP contribution in [0.15, 0.2) is 0 Å². The number of hydrogen-bond acceptors (Lipinski definition) is 4. The summed E-state index contributed by atoms with van der Waals surface area (Å²) in [5.74, 6) is 0.432. The van der Waals surface area contributed by atoms with Gasteiger partial charge < -0.3 is 0 Å². The molecule has 15 heavy (non-hydrogen) atoms. The third-order valence-electron chi connectivity index (χ3n) is 4.74. The van der Waals surface area contributed by atoms with Crippen molar-refractivity contribution in [3.8, 4) is 0 Å². The highest BCUT2D eigenvalue weighted by Crippen LogP contribution is 2.65. The normalized spacial score (nSPS) is 50.9. The van der Waals surface area contributed by atoms with Gasteiger partial charge in [0.15, 0.2) is 0 Å². The van der Waals surface area contributed by atoms with Crippen LogP contribution in [-0.2, 0) is 0 Å². The van der Waals surface area contributed by atoms with Crippen molar-refractivity contribution >= 4 is 0 Å². The van der Waals surface area contributed by atoms with Gasteiger partial charge in [-0.2, -0.15) is 0 Å². The average molecular weight is 212 g/mol. The number of rotatable bonds is 2. The predicted molar refractivity (Wildman–Crippen MR) is 49.5 cm³/mol. The smallest absolute Gasteiger partial charge is 0.264 e. The van der Waals surface area contributed by atoms with Crippen LogP contribution in [0.1, 0.15) is 32.1 Å². The summed E-state index contributed by atoms with van der Waals surface area (Å²) in [6, 6.07) is 0. The molecule has 0 heterocycles. The van der Waals surface area contributed by atoms with E-state index in [-0.39, 0.29) is 21.7 Å². The molecular formula is C9H12N2O4. The molecule has 0 unspecified atom stereocenters. The lowest BCUT2D eigenvalue weighted by Crippen LogP contribution is -2.55. The fourth-order valence-electron chi connectivity index (χ4n) is 4.42.